The van der Waals surface area contributed by atoms with Crippen LogP contribution in [0.15, 0.2) is 48.5 Å². The maximum Gasteiger partial charge on any atom is 0.344 e. The van der Waals surface area contributed by atoms with E-state index in [4.69, 9.17) is 0 Å². The van der Waals surface area contributed by atoms with E-state index in [2.05, 4.69) is 10.1 Å². The number of rotatable bonds is 6. The second kappa shape index (κ2) is 8.03. The average molecular weight is 319 g/mol. The minimum Gasteiger partial charge on any atom is -0.452 e. The Morgan fingerprint density at radius 1 is 0.957 bits per heavy atom. The molecule has 0 bridgehead atoms. The number of hydrogen-bond donors (Lipinski definition) is 1. The standard InChI is InChI=1S/C17H15F2NO3/c18-13-7-4-8-14(19)16(13)17(22)23-11-15(21)20-10-9-12-5-2-1-3-6-12/h1-8H,9-11H2,(H,20,21). The molecule has 0 spiro atoms. The Bertz CT molecular complexity index is 669. The third kappa shape index (κ3) is 4.88. The van der Waals surface area contributed by atoms with Gasteiger partial charge in [0.25, 0.3) is 5.91 Å². The van der Waals surface area contributed by atoms with Crippen LogP contribution in [0, 0.1) is 11.6 Å². The van der Waals surface area contributed by atoms with Crippen molar-refractivity contribution in [2.75, 3.05) is 13.2 Å². The van der Waals surface area contributed by atoms with Crippen molar-refractivity contribution in [1.82, 2.24) is 5.32 Å². The van der Waals surface area contributed by atoms with Gasteiger partial charge in [-0.2, -0.15) is 0 Å². The first-order chi connectivity index (χ1) is 11.1. The van der Waals surface area contributed by atoms with Gasteiger partial charge >= 0.3 is 5.97 Å². The molecular weight excluding hydrogens is 304 g/mol. The van der Waals surface area contributed by atoms with Crippen LogP contribution in [0.4, 0.5) is 8.78 Å². The third-order valence-corrected chi connectivity index (χ3v) is 3.08. The van der Waals surface area contributed by atoms with Crippen molar-refractivity contribution >= 4 is 11.9 Å². The van der Waals surface area contributed by atoms with Gasteiger partial charge in [-0.05, 0) is 24.1 Å². The number of nitrogens with one attached hydrogen (secondary N) is 1. The molecule has 2 aromatic rings. The van der Waals surface area contributed by atoms with Crippen molar-refractivity contribution in [3.05, 3.63) is 71.3 Å². The summed E-state index contributed by atoms with van der Waals surface area (Å²) in [5, 5.41) is 2.56. The first-order valence-electron chi connectivity index (χ1n) is 6.99. The largest absolute Gasteiger partial charge is 0.452 e. The van der Waals surface area contributed by atoms with Crippen LogP contribution in [-0.4, -0.2) is 25.0 Å². The number of carbonyl (C=O) groups excluding carboxylic acids is 2. The van der Waals surface area contributed by atoms with E-state index in [1.54, 1.807) is 0 Å². The zero-order chi connectivity index (χ0) is 16.7. The van der Waals surface area contributed by atoms with Gasteiger partial charge in [0.2, 0.25) is 0 Å². The molecule has 0 unspecified atom stereocenters. The summed E-state index contributed by atoms with van der Waals surface area (Å²) in [4.78, 5) is 23.2. The van der Waals surface area contributed by atoms with Gasteiger partial charge in [-0.25, -0.2) is 13.6 Å². The lowest BCUT2D eigenvalue weighted by atomic mass is 10.1. The third-order valence-electron chi connectivity index (χ3n) is 3.08. The molecule has 0 aliphatic rings. The summed E-state index contributed by atoms with van der Waals surface area (Å²) in [5.41, 5.74) is 0.253. The van der Waals surface area contributed by atoms with E-state index in [-0.39, 0.29) is 0 Å². The highest BCUT2D eigenvalue weighted by atomic mass is 19.1. The van der Waals surface area contributed by atoms with Crippen molar-refractivity contribution in [2.45, 2.75) is 6.42 Å². The van der Waals surface area contributed by atoms with E-state index in [0.29, 0.717) is 13.0 Å². The fourth-order valence-electron chi connectivity index (χ4n) is 1.94. The van der Waals surface area contributed by atoms with Crippen LogP contribution in [0.2, 0.25) is 0 Å². The molecule has 120 valence electrons. The molecule has 0 saturated heterocycles. The molecule has 2 aromatic carbocycles. The van der Waals surface area contributed by atoms with E-state index in [1.165, 1.54) is 0 Å². The number of amides is 1. The summed E-state index contributed by atoms with van der Waals surface area (Å²) < 4.78 is 31.4. The van der Waals surface area contributed by atoms with Gasteiger partial charge in [-0.1, -0.05) is 36.4 Å². The molecule has 4 nitrogen and oxygen atoms in total. The highest BCUT2D eigenvalue weighted by Crippen LogP contribution is 2.13. The molecular formula is C17H15F2NO3. The van der Waals surface area contributed by atoms with Crippen molar-refractivity contribution in [3.8, 4) is 0 Å². The van der Waals surface area contributed by atoms with Gasteiger partial charge in [0.15, 0.2) is 6.61 Å². The van der Waals surface area contributed by atoms with Crippen molar-refractivity contribution in [1.29, 1.82) is 0 Å². The Morgan fingerprint density at radius 2 is 1.61 bits per heavy atom. The highest BCUT2D eigenvalue weighted by Gasteiger charge is 2.19. The van der Waals surface area contributed by atoms with E-state index in [1.807, 2.05) is 30.3 Å². The molecule has 0 radical (unpaired) electrons. The van der Waals surface area contributed by atoms with Crippen molar-refractivity contribution < 1.29 is 23.1 Å². The molecule has 2 rings (SSSR count). The number of halogens is 2. The van der Waals surface area contributed by atoms with Crippen molar-refractivity contribution in [3.63, 3.8) is 0 Å². The monoisotopic (exact) mass is 319 g/mol. The summed E-state index contributed by atoms with van der Waals surface area (Å²) in [7, 11) is 0. The zero-order valence-corrected chi connectivity index (χ0v) is 12.2. The van der Waals surface area contributed by atoms with E-state index < -0.39 is 35.7 Å². The molecule has 0 aliphatic carbocycles. The van der Waals surface area contributed by atoms with Gasteiger partial charge in [-0.3, -0.25) is 4.79 Å². The van der Waals surface area contributed by atoms with Gasteiger partial charge < -0.3 is 10.1 Å². The van der Waals surface area contributed by atoms with E-state index in [9.17, 15) is 18.4 Å². The SMILES string of the molecule is O=C(COC(=O)c1c(F)cccc1F)NCCc1ccccc1. The Morgan fingerprint density at radius 3 is 2.26 bits per heavy atom. The molecule has 0 saturated carbocycles. The molecule has 0 aromatic heterocycles. The quantitative estimate of drug-likeness (QED) is 0.832. The highest BCUT2D eigenvalue weighted by molar-refractivity contribution is 5.91. The molecule has 1 amide bonds. The number of carbonyl (C=O) groups is 2. The van der Waals surface area contributed by atoms with Crippen LogP contribution in [0.25, 0.3) is 0 Å². The number of ether oxygens (including phenoxy) is 1. The Balaban J connectivity index is 1.77. The predicted molar refractivity (Wildman–Crippen MR) is 79.8 cm³/mol. The van der Waals surface area contributed by atoms with Gasteiger partial charge in [0.05, 0.1) is 0 Å². The first kappa shape index (κ1) is 16.6. The van der Waals surface area contributed by atoms with E-state index >= 15 is 0 Å². The topological polar surface area (TPSA) is 55.4 Å². The van der Waals surface area contributed by atoms with E-state index in [0.717, 1.165) is 23.8 Å². The number of esters is 1. The molecule has 1 N–H and O–H groups in total. The maximum atomic E-state index is 13.4. The van der Waals surface area contributed by atoms with Crippen LogP contribution >= 0.6 is 0 Å². The fourth-order valence-corrected chi connectivity index (χ4v) is 1.94. The van der Waals surface area contributed by atoms with Crippen LogP contribution in [0.3, 0.4) is 0 Å². The summed E-state index contributed by atoms with van der Waals surface area (Å²) >= 11 is 0. The van der Waals surface area contributed by atoms with Crippen molar-refractivity contribution in [2.24, 2.45) is 0 Å². The second-order valence-corrected chi connectivity index (χ2v) is 4.76. The molecule has 0 aliphatic heterocycles. The van der Waals surface area contributed by atoms with Crippen LogP contribution < -0.4 is 5.32 Å². The molecule has 23 heavy (non-hydrogen) atoms. The smallest absolute Gasteiger partial charge is 0.344 e. The van der Waals surface area contributed by atoms with Crippen LogP contribution in [-0.2, 0) is 16.0 Å². The maximum absolute atomic E-state index is 13.4. The number of hydrogen-bond acceptors (Lipinski definition) is 3. The summed E-state index contributed by atoms with van der Waals surface area (Å²) in [5.74, 6) is -3.80. The minimum atomic E-state index is -1.21. The average Bonchev–Trinajstić information content (AvgIpc) is 2.54. The molecule has 6 heteroatoms. The summed E-state index contributed by atoms with van der Waals surface area (Å²) in [6.07, 6.45) is 0.627. The minimum absolute atomic E-state index is 0.370. The Labute approximate surface area is 132 Å². The summed E-state index contributed by atoms with van der Waals surface area (Å²) in [6, 6.07) is 12.5. The molecule has 0 atom stereocenters. The molecule has 0 fully saturated rings. The normalized spacial score (nSPS) is 10.2. The lowest BCUT2D eigenvalue weighted by Crippen LogP contribution is -2.30. The Kier molecular flexibility index (Phi) is 5.80. The van der Waals surface area contributed by atoms with Gasteiger partial charge in [0, 0.05) is 6.54 Å². The second-order valence-electron chi connectivity index (χ2n) is 4.76. The van der Waals surface area contributed by atoms with Crippen LogP contribution in [0.1, 0.15) is 15.9 Å². The summed E-state index contributed by atoms with van der Waals surface area (Å²) in [6.45, 7) is -0.226. The lowest BCUT2D eigenvalue weighted by Gasteiger charge is -2.07. The number of benzene rings is 2. The van der Waals surface area contributed by atoms with Gasteiger partial charge in [0.1, 0.15) is 17.2 Å². The first-order valence-corrected chi connectivity index (χ1v) is 6.99. The molecule has 0 heterocycles. The predicted octanol–water partition coefficient (Wildman–Crippen LogP) is 2.48. The zero-order valence-electron chi connectivity index (χ0n) is 12.2. The lowest BCUT2D eigenvalue weighted by molar-refractivity contribution is -0.124. The fraction of sp³-hybridized carbons (Fsp3) is 0.176. The van der Waals surface area contributed by atoms with Crippen LogP contribution in [0.5, 0.6) is 0 Å². The Hall–Kier alpha value is -2.76. The van der Waals surface area contributed by atoms with Gasteiger partial charge in [-0.15, -0.1) is 0 Å².